The van der Waals surface area contributed by atoms with E-state index in [1.165, 1.54) is 16.7 Å². The number of nitrogens with two attached hydrogens (primary N) is 1. The topological polar surface area (TPSA) is 149 Å². The number of ether oxygens (including phenoxy) is 3. The predicted octanol–water partition coefficient (Wildman–Crippen LogP) is 3.09. The van der Waals surface area contributed by atoms with Crippen LogP contribution in [0.5, 0.6) is 17.2 Å². The third kappa shape index (κ3) is 6.75. The van der Waals surface area contributed by atoms with Crippen molar-refractivity contribution in [2.45, 2.75) is 19.3 Å². The molecule has 0 bridgehead atoms. The average Bonchev–Trinajstić information content (AvgIpc) is 3.36. The molecule has 1 amide bonds. The standard InChI is InChI=1S/C30H34N6O5/c1-5-40-26-17-21(14-15-25(26)41-18-27(37)35(2)3)22(16-19-10-12-20(13-11-19)28(31)32)29-33-30(38)36(34-29)23-8-6-7-9-24(23)39-4/h6-15,17,22H,5,16,18H2,1-4H3,(H3,31,32)(H,33,34,38). The molecule has 0 aliphatic heterocycles. The van der Waals surface area contributed by atoms with Crippen LogP contribution >= 0.6 is 0 Å². The van der Waals surface area contributed by atoms with Crippen LogP contribution in [0.3, 0.4) is 0 Å². The molecule has 0 radical (unpaired) electrons. The van der Waals surface area contributed by atoms with Gasteiger partial charge in [-0.2, -0.15) is 4.68 Å². The number of para-hydroxylation sites is 2. The Kier molecular flexibility index (Phi) is 9.08. The molecule has 4 N–H and O–H groups in total. The van der Waals surface area contributed by atoms with Crippen molar-refractivity contribution >= 4 is 11.7 Å². The van der Waals surface area contributed by atoms with Gasteiger partial charge in [0.25, 0.3) is 5.91 Å². The highest BCUT2D eigenvalue weighted by molar-refractivity contribution is 5.94. The molecule has 1 atom stereocenters. The summed E-state index contributed by atoms with van der Waals surface area (Å²) in [6.45, 7) is 2.12. The maximum Gasteiger partial charge on any atom is 0.348 e. The van der Waals surface area contributed by atoms with Crippen molar-refractivity contribution in [3.63, 3.8) is 0 Å². The van der Waals surface area contributed by atoms with Crippen LogP contribution in [0.4, 0.5) is 0 Å². The third-order valence-electron chi connectivity index (χ3n) is 6.50. The van der Waals surface area contributed by atoms with Gasteiger partial charge in [0.2, 0.25) is 0 Å². The first-order valence-electron chi connectivity index (χ1n) is 13.1. The Morgan fingerprint density at radius 2 is 1.78 bits per heavy atom. The zero-order valence-electron chi connectivity index (χ0n) is 23.5. The number of likely N-dealkylation sites (N-methyl/N-ethyl adjacent to an activating group) is 1. The van der Waals surface area contributed by atoms with E-state index >= 15 is 0 Å². The molecule has 4 aromatic rings. The number of aromatic nitrogens is 3. The third-order valence-corrected chi connectivity index (χ3v) is 6.50. The summed E-state index contributed by atoms with van der Waals surface area (Å²) in [5.74, 6) is 1.27. The van der Waals surface area contributed by atoms with Crippen molar-refractivity contribution in [1.29, 1.82) is 5.41 Å². The number of rotatable bonds is 12. The van der Waals surface area contributed by atoms with Crippen LogP contribution in [0.25, 0.3) is 5.69 Å². The highest BCUT2D eigenvalue weighted by Gasteiger charge is 2.23. The van der Waals surface area contributed by atoms with Gasteiger partial charge in [-0.1, -0.05) is 42.5 Å². The first-order chi connectivity index (χ1) is 19.7. The lowest BCUT2D eigenvalue weighted by molar-refractivity contribution is -0.130. The van der Waals surface area contributed by atoms with Crippen LogP contribution in [0.2, 0.25) is 0 Å². The van der Waals surface area contributed by atoms with E-state index in [0.717, 1.165) is 11.1 Å². The van der Waals surface area contributed by atoms with Crippen LogP contribution in [-0.2, 0) is 11.2 Å². The highest BCUT2D eigenvalue weighted by Crippen LogP contribution is 2.35. The Hall–Kier alpha value is -5.06. The second-order valence-electron chi connectivity index (χ2n) is 9.48. The maximum absolute atomic E-state index is 13.1. The molecule has 1 aromatic heterocycles. The molecule has 0 spiro atoms. The summed E-state index contributed by atoms with van der Waals surface area (Å²) < 4.78 is 18.4. The van der Waals surface area contributed by atoms with E-state index in [4.69, 9.17) is 25.4 Å². The number of hydrogen-bond donors (Lipinski definition) is 3. The molecule has 0 aliphatic rings. The molecule has 0 saturated carbocycles. The first kappa shape index (κ1) is 28.9. The SMILES string of the molecule is CCOc1cc(C(Cc2ccc(C(=N)N)cc2)c2nn(-c3ccccc3OC)c(=O)[nH]2)ccc1OCC(=O)N(C)C. The Labute approximate surface area is 238 Å². The predicted molar refractivity (Wildman–Crippen MR) is 156 cm³/mol. The van der Waals surface area contributed by atoms with E-state index in [1.54, 1.807) is 50.5 Å². The Morgan fingerprint density at radius 3 is 2.44 bits per heavy atom. The number of methoxy groups -OCH3 is 1. The van der Waals surface area contributed by atoms with Gasteiger partial charge in [-0.25, -0.2) is 4.79 Å². The summed E-state index contributed by atoms with van der Waals surface area (Å²) in [6.07, 6.45) is 0.474. The number of carbonyl (C=O) groups excluding carboxylic acids is 1. The molecule has 1 unspecified atom stereocenters. The van der Waals surface area contributed by atoms with E-state index in [0.29, 0.717) is 47.4 Å². The lowest BCUT2D eigenvalue weighted by atomic mass is 9.90. The molecule has 0 saturated heterocycles. The Balaban J connectivity index is 1.77. The molecular formula is C30H34N6O5. The highest BCUT2D eigenvalue weighted by atomic mass is 16.5. The molecule has 41 heavy (non-hydrogen) atoms. The van der Waals surface area contributed by atoms with Gasteiger partial charge in [-0.15, -0.1) is 5.10 Å². The number of aromatic amines is 1. The molecule has 1 heterocycles. The number of amides is 1. The van der Waals surface area contributed by atoms with Gasteiger partial charge in [0, 0.05) is 25.6 Å². The number of amidine groups is 1. The van der Waals surface area contributed by atoms with Crippen LogP contribution in [-0.4, -0.2) is 65.8 Å². The summed E-state index contributed by atoms with van der Waals surface area (Å²) in [5.41, 5.74) is 8.12. The van der Waals surface area contributed by atoms with Crippen molar-refractivity contribution in [1.82, 2.24) is 19.7 Å². The van der Waals surface area contributed by atoms with Crippen LogP contribution in [0.1, 0.15) is 35.4 Å². The van der Waals surface area contributed by atoms with Crippen molar-refractivity contribution < 1.29 is 19.0 Å². The molecule has 0 fully saturated rings. The average molecular weight is 559 g/mol. The second kappa shape index (κ2) is 12.9. The van der Waals surface area contributed by atoms with E-state index < -0.39 is 11.6 Å². The zero-order valence-corrected chi connectivity index (χ0v) is 23.5. The molecule has 11 nitrogen and oxygen atoms in total. The van der Waals surface area contributed by atoms with Gasteiger partial charge in [0.05, 0.1) is 13.7 Å². The monoisotopic (exact) mass is 558 g/mol. The molecule has 4 rings (SSSR count). The fourth-order valence-corrected chi connectivity index (χ4v) is 4.29. The van der Waals surface area contributed by atoms with Gasteiger partial charge in [0.15, 0.2) is 18.1 Å². The summed E-state index contributed by atoms with van der Waals surface area (Å²) in [7, 11) is 4.86. The maximum atomic E-state index is 13.1. The lowest BCUT2D eigenvalue weighted by Crippen LogP contribution is -2.27. The van der Waals surface area contributed by atoms with Crippen molar-refractivity contribution in [3.05, 3.63) is 99.7 Å². The number of H-pyrrole nitrogens is 1. The first-order valence-corrected chi connectivity index (χ1v) is 13.1. The van der Waals surface area contributed by atoms with Crippen LogP contribution in [0, 0.1) is 5.41 Å². The van der Waals surface area contributed by atoms with Crippen molar-refractivity contribution in [2.24, 2.45) is 5.73 Å². The van der Waals surface area contributed by atoms with E-state index in [9.17, 15) is 9.59 Å². The minimum Gasteiger partial charge on any atom is -0.494 e. The van der Waals surface area contributed by atoms with Crippen LogP contribution < -0.4 is 25.6 Å². The van der Waals surface area contributed by atoms with Gasteiger partial charge >= 0.3 is 5.69 Å². The number of nitrogens with one attached hydrogen (secondary N) is 2. The van der Waals surface area contributed by atoms with Crippen LogP contribution in [0.15, 0.2) is 71.5 Å². The summed E-state index contributed by atoms with van der Waals surface area (Å²) in [4.78, 5) is 29.6. The second-order valence-corrected chi connectivity index (χ2v) is 9.48. The Morgan fingerprint density at radius 1 is 1.05 bits per heavy atom. The molecular weight excluding hydrogens is 524 g/mol. The zero-order chi connectivity index (χ0) is 29.5. The number of carbonyl (C=O) groups is 1. The summed E-state index contributed by atoms with van der Waals surface area (Å²) in [6, 6.07) is 20.0. The fourth-order valence-electron chi connectivity index (χ4n) is 4.29. The largest absolute Gasteiger partial charge is 0.494 e. The number of hydrogen-bond acceptors (Lipinski definition) is 7. The number of benzene rings is 3. The summed E-state index contributed by atoms with van der Waals surface area (Å²) in [5, 5.41) is 12.4. The number of nitrogens with zero attached hydrogens (tertiary/aromatic N) is 3. The van der Waals surface area contributed by atoms with Gasteiger partial charge in [0.1, 0.15) is 23.1 Å². The molecule has 214 valence electrons. The van der Waals surface area contributed by atoms with E-state index in [2.05, 4.69) is 10.1 Å². The smallest absolute Gasteiger partial charge is 0.348 e. The van der Waals surface area contributed by atoms with Gasteiger partial charge in [-0.05, 0) is 48.7 Å². The lowest BCUT2D eigenvalue weighted by Gasteiger charge is -2.19. The fraction of sp³-hybridized carbons (Fsp3) is 0.267. The molecule has 0 aliphatic carbocycles. The molecule has 3 aromatic carbocycles. The van der Waals surface area contributed by atoms with E-state index in [1.807, 2.05) is 37.3 Å². The van der Waals surface area contributed by atoms with Gasteiger partial charge in [-0.3, -0.25) is 15.2 Å². The summed E-state index contributed by atoms with van der Waals surface area (Å²) >= 11 is 0. The minimum atomic E-state index is -0.409. The number of nitrogen functional groups attached to an aromatic ring is 1. The van der Waals surface area contributed by atoms with Crippen molar-refractivity contribution in [2.75, 3.05) is 34.4 Å². The van der Waals surface area contributed by atoms with Crippen molar-refractivity contribution in [3.8, 4) is 22.9 Å². The minimum absolute atomic E-state index is 0.0160. The quantitative estimate of drug-likeness (QED) is 0.179. The molecule has 11 heteroatoms. The Bertz CT molecular complexity index is 1570. The van der Waals surface area contributed by atoms with Gasteiger partial charge < -0.3 is 24.8 Å². The normalized spacial score (nSPS) is 11.5. The van der Waals surface area contributed by atoms with E-state index in [-0.39, 0.29) is 18.3 Å².